The molecule has 398 valence electrons. The molecule has 0 amide bonds. The van der Waals surface area contributed by atoms with Crippen LogP contribution in [0, 0.1) is 22.7 Å². The third-order valence-corrected chi connectivity index (χ3v) is 13.5. The molecule has 0 aliphatic heterocycles. The molecule has 9 aromatic carbocycles. The molecular weight excluding hydrogens is 1070 g/mol. The van der Waals surface area contributed by atoms with Crippen molar-refractivity contribution < 1.29 is 52.7 Å². The molecule has 0 bridgehead atoms. The van der Waals surface area contributed by atoms with Crippen molar-refractivity contribution in [1.82, 2.24) is 19.5 Å². The Balaban J connectivity index is 1.28. The molecule has 0 atom stereocenters. The van der Waals surface area contributed by atoms with Crippen LogP contribution in [0.15, 0.2) is 194 Å². The minimum absolute atomic E-state index is 0.0261. The van der Waals surface area contributed by atoms with E-state index in [9.17, 15) is 63.2 Å². The number of nitriles is 2. The van der Waals surface area contributed by atoms with Crippen LogP contribution in [0.1, 0.15) is 33.4 Å². The van der Waals surface area contributed by atoms with Crippen molar-refractivity contribution in [2.24, 2.45) is 0 Å². The number of halogens is 12. The van der Waals surface area contributed by atoms with Crippen molar-refractivity contribution in [3.63, 3.8) is 0 Å². The van der Waals surface area contributed by atoms with E-state index in [0.717, 1.165) is 0 Å². The lowest BCUT2D eigenvalue weighted by atomic mass is 9.91. The molecule has 6 nitrogen and oxygen atoms in total. The van der Waals surface area contributed by atoms with Crippen molar-refractivity contribution in [2.45, 2.75) is 24.7 Å². The highest BCUT2D eigenvalue weighted by Gasteiger charge is 2.39. The van der Waals surface area contributed by atoms with Crippen molar-refractivity contribution >= 4 is 21.8 Å². The quantitative estimate of drug-likeness (QED) is 0.141. The van der Waals surface area contributed by atoms with E-state index in [1.54, 1.807) is 65.2 Å². The van der Waals surface area contributed by atoms with Crippen LogP contribution in [0.4, 0.5) is 52.7 Å². The molecule has 0 unspecified atom stereocenters. The second-order valence-corrected chi connectivity index (χ2v) is 18.7. The van der Waals surface area contributed by atoms with Gasteiger partial charge in [0.15, 0.2) is 17.5 Å². The van der Waals surface area contributed by atoms with Gasteiger partial charge in [-0.05, 0) is 130 Å². The third-order valence-electron chi connectivity index (χ3n) is 13.5. The van der Waals surface area contributed by atoms with E-state index in [2.05, 4.69) is 12.1 Å². The summed E-state index contributed by atoms with van der Waals surface area (Å²) >= 11 is 0. The Morgan fingerprint density at radius 3 is 1.00 bits per heavy atom. The van der Waals surface area contributed by atoms with E-state index in [4.69, 9.17) is 15.0 Å². The van der Waals surface area contributed by atoms with Crippen LogP contribution in [0.3, 0.4) is 0 Å². The Morgan fingerprint density at radius 2 is 0.654 bits per heavy atom. The fourth-order valence-corrected chi connectivity index (χ4v) is 9.76. The molecule has 18 heteroatoms. The maximum atomic E-state index is 14.3. The monoisotopic (exact) mass is 1100 g/mol. The van der Waals surface area contributed by atoms with Gasteiger partial charge in [-0.3, -0.25) is 0 Å². The number of benzene rings is 9. The molecule has 0 aliphatic carbocycles. The van der Waals surface area contributed by atoms with Gasteiger partial charge in [0.25, 0.3) is 0 Å². The first kappa shape index (κ1) is 53.0. The Bertz CT molecular complexity index is 4040. The fraction of sp³-hybridized carbons (Fsp3) is 0.0635. The topological polar surface area (TPSA) is 91.2 Å². The number of nitrogens with zero attached hydrogens (tertiary/aromatic N) is 6. The van der Waals surface area contributed by atoms with E-state index in [1.165, 1.54) is 36.4 Å². The van der Waals surface area contributed by atoms with Gasteiger partial charge in [0.1, 0.15) is 0 Å². The van der Waals surface area contributed by atoms with Gasteiger partial charge in [-0.1, -0.05) is 97.1 Å². The molecular formula is C63H32F12N6. The van der Waals surface area contributed by atoms with Crippen molar-refractivity contribution in [2.75, 3.05) is 0 Å². The smallest absolute Gasteiger partial charge is 0.308 e. The van der Waals surface area contributed by atoms with Crippen LogP contribution >= 0.6 is 0 Å². The standard InChI is InChI=1S/C63H32F12N6/c64-60(65,66)46-23-43(24-47(31-46)61(67,68)69)39-17-19-54-52(27-39)53-28-40(44-25-48(62(70,71)72)32-49(26-44)63(73,74)75)18-20-55(53)81(54)56-50(41-15-7-9-35(21-41)33-76)29-45(30-51(56)42-16-8-10-36(22-42)34-77)59-79-57(37-11-3-1-4-12-37)78-58(80-59)38-13-5-2-6-14-38/h1-32H. The first-order chi connectivity index (χ1) is 38.5. The summed E-state index contributed by atoms with van der Waals surface area (Å²) in [5.41, 5.74) is -3.47. The lowest BCUT2D eigenvalue weighted by Crippen LogP contribution is -2.11. The molecule has 2 heterocycles. The largest absolute Gasteiger partial charge is 0.416 e. The van der Waals surface area contributed by atoms with Crippen LogP contribution < -0.4 is 0 Å². The van der Waals surface area contributed by atoms with E-state index in [1.807, 2.05) is 60.7 Å². The van der Waals surface area contributed by atoms with Gasteiger partial charge in [-0.25, -0.2) is 15.0 Å². The Labute approximate surface area is 451 Å². The summed E-state index contributed by atoms with van der Waals surface area (Å²) in [5, 5.41) is 20.7. The maximum Gasteiger partial charge on any atom is 0.416 e. The van der Waals surface area contributed by atoms with Gasteiger partial charge in [-0.15, -0.1) is 0 Å². The summed E-state index contributed by atoms with van der Waals surface area (Å²) in [6, 6.07) is 49.0. The van der Waals surface area contributed by atoms with Gasteiger partial charge in [0.2, 0.25) is 0 Å². The summed E-state index contributed by atoms with van der Waals surface area (Å²) < 4.78 is 174. The number of alkyl halides is 12. The number of aromatic nitrogens is 4. The first-order valence-electron chi connectivity index (χ1n) is 24.3. The first-order valence-corrected chi connectivity index (χ1v) is 24.3. The molecule has 2 aromatic heterocycles. The van der Waals surface area contributed by atoms with Crippen LogP contribution in [0.25, 0.3) is 106 Å². The average molecular weight is 1100 g/mol. The minimum Gasteiger partial charge on any atom is -0.308 e. The molecule has 11 aromatic rings. The summed E-state index contributed by atoms with van der Waals surface area (Å²) in [7, 11) is 0. The second kappa shape index (κ2) is 20.0. The van der Waals surface area contributed by atoms with Crippen molar-refractivity contribution in [3.8, 4) is 96.5 Å². The summed E-state index contributed by atoms with van der Waals surface area (Å²) in [6.07, 6.45) is -20.9. The molecule has 11 rings (SSSR count). The number of hydrogen-bond donors (Lipinski definition) is 0. The number of hydrogen-bond acceptors (Lipinski definition) is 5. The SMILES string of the molecule is N#Cc1cccc(-c2cc(-c3nc(-c4ccccc4)nc(-c4ccccc4)n3)cc(-c3cccc(C#N)c3)c2-n2c3ccc(-c4cc(C(F)(F)F)cc(C(F)(F)F)c4)cc3c3cc(-c4cc(C(F)(F)F)cc(C(F)(F)F)c4)ccc32)c1. The normalized spacial score (nSPS) is 12.2. The van der Waals surface area contributed by atoms with E-state index >= 15 is 0 Å². The fourth-order valence-electron chi connectivity index (χ4n) is 9.76. The van der Waals surface area contributed by atoms with Gasteiger partial charge < -0.3 is 4.57 Å². The van der Waals surface area contributed by atoms with Gasteiger partial charge in [0, 0.05) is 38.6 Å². The predicted molar refractivity (Wildman–Crippen MR) is 282 cm³/mol. The minimum atomic E-state index is -5.23. The van der Waals surface area contributed by atoms with Gasteiger partial charge in [-0.2, -0.15) is 63.2 Å². The highest BCUT2D eigenvalue weighted by molar-refractivity contribution is 6.13. The average Bonchev–Trinajstić information content (AvgIpc) is 2.96. The van der Waals surface area contributed by atoms with E-state index in [0.29, 0.717) is 80.5 Å². The molecule has 0 saturated heterocycles. The molecule has 0 saturated carbocycles. The van der Waals surface area contributed by atoms with Crippen LogP contribution in [-0.4, -0.2) is 19.5 Å². The third kappa shape index (κ3) is 10.4. The van der Waals surface area contributed by atoms with Crippen LogP contribution in [0.5, 0.6) is 0 Å². The molecule has 0 aliphatic rings. The summed E-state index contributed by atoms with van der Waals surface area (Å²) in [6.45, 7) is 0. The summed E-state index contributed by atoms with van der Waals surface area (Å²) in [4.78, 5) is 14.8. The van der Waals surface area contributed by atoms with Crippen molar-refractivity contribution in [1.29, 1.82) is 10.5 Å². The highest BCUT2D eigenvalue weighted by atomic mass is 19.4. The van der Waals surface area contributed by atoms with E-state index < -0.39 is 58.1 Å². The van der Waals surface area contributed by atoms with Crippen molar-refractivity contribution in [3.05, 3.63) is 228 Å². The van der Waals surface area contributed by atoms with Gasteiger partial charge >= 0.3 is 24.7 Å². The highest BCUT2D eigenvalue weighted by Crippen LogP contribution is 2.47. The molecule has 0 N–H and O–H groups in total. The maximum absolute atomic E-state index is 14.3. The number of rotatable bonds is 8. The zero-order chi connectivity index (χ0) is 57.2. The second-order valence-electron chi connectivity index (χ2n) is 18.7. The Morgan fingerprint density at radius 1 is 0.309 bits per heavy atom. The predicted octanol–water partition coefficient (Wildman–Crippen LogP) is 18.5. The summed E-state index contributed by atoms with van der Waals surface area (Å²) in [5.74, 6) is 0.759. The van der Waals surface area contributed by atoms with Gasteiger partial charge in [0.05, 0.1) is 62.2 Å². The lowest BCUT2D eigenvalue weighted by Gasteiger charge is -2.21. The zero-order valence-electron chi connectivity index (χ0n) is 41.2. The molecule has 81 heavy (non-hydrogen) atoms. The zero-order valence-corrected chi connectivity index (χ0v) is 41.2. The van der Waals surface area contributed by atoms with E-state index in [-0.39, 0.29) is 62.0 Å². The molecule has 0 radical (unpaired) electrons. The lowest BCUT2D eigenvalue weighted by molar-refractivity contribution is -0.144. The molecule has 0 spiro atoms. The van der Waals surface area contributed by atoms with Crippen LogP contribution in [-0.2, 0) is 24.7 Å². The number of fused-ring (bicyclic) bond motifs is 3. The molecule has 0 fully saturated rings. The Kier molecular flexibility index (Phi) is 13.1. The Hall–Kier alpha value is -10.1. The van der Waals surface area contributed by atoms with Crippen LogP contribution in [0.2, 0.25) is 0 Å².